The average molecular weight is 422 g/mol. The molecule has 2 aromatic rings. The maximum Gasteiger partial charge on any atom is 0.228 e. The van der Waals surface area contributed by atoms with Gasteiger partial charge in [-0.15, -0.1) is 0 Å². The first-order valence-electron chi connectivity index (χ1n) is 9.07. The third-order valence-corrected chi connectivity index (χ3v) is 4.79. The zero-order valence-corrected chi connectivity index (χ0v) is 17.8. The molecule has 0 radical (unpaired) electrons. The number of carbonyl (C=O) groups excluding carboxylic acids is 1. The highest BCUT2D eigenvalue weighted by atomic mass is 79.9. The van der Waals surface area contributed by atoms with E-state index >= 15 is 0 Å². The van der Waals surface area contributed by atoms with Crippen LogP contribution >= 0.6 is 15.9 Å². The van der Waals surface area contributed by atoms with Crippen molar-refractivity contribution < 1.29 is 9.32 Å². The molecule has 0 spiro atoms. The van der Waals surface area contributed by atoms with E-state index in [1.165, 1.54) is 0 Å². The molecule has 6 heteroatoms. The summed E-state index contributed by atoms with van der Waals surface area (Å²) < 4.78 is 6.39. The molecule has 1 aromatic carbocycles. The second-order valence-corrected chi connectivity index (χ2v) is 8.77. The summed E-state index contributed by atoms with van der Waals surface area (Å²) in [6, 6.07) is 7.97. The minimum Gasteiger partial charge on any atom is -0.339 e. The highest BCUT2D eigenvalue weighted by Gasteiger charge is 2.24. The quantitative estimate of drug-likeness (QED) is 0.623. The number of amides is 1. The van der Waals surface area contributed by atoms with E-state index in [0.29, 0.717) is 31.1 Å². The second kappa shape index (κ2) is 8.80. The molecule has 0 aliphatic rings. The van der Waals surface area contributed by atoms with Gasteiger partial charge in [-0.1, -0.05) is 48.8 Å². The summed E-state index contributed by atoms with van der Waals surface area (Å²) >= 11 is 3.42. The van der Waals surface area contributed by atoms with Crippen LogP contribution in [0.1, 0.15) is 53.4 Å². The molecular formula is C20H28BrN3O2. The van der Waals surface area contributed by atoms with Crippen LogP contribution in [0.15, 0.2) is 33.3 Å². The van der Waals surface area contributed by atoms with Crippen molar-refractivity contribution in [3.8, 4) is 11.4 Å². The maximum atomic E-state index is 12.7. The van der Waals surface area contributed by atoms with Crippen LogP contribution in [-0.2, 0) is 11.2 Å². The normalized spacial score (nSPS) is 12.8. The van der Waals surface area contributed by atoms with Crippen LogP contribution < -0.4 is 0 Å². The van der Waals surface area contributed by atoms with Crippen molar-refractivity contribution in [2.24, 2.45) is 5.41 Å². The minimum atomic E-state index is -0.0258. The number of aromatic nitrogens is 2. The zero-order chi connectivity index (χ0) is 19.3. The molecule has 1 amide bonds. The van der Waals surface area contributed by atoms with E-state index in [2.05, 4.69) is 60.7 Å². The molecule has 5 nitrogen and oxygen atoms in total. The SMILES string of the molecule is CC[C@@H](C)N(CCc1nc(-c2ccc(Br)cc2)no1)C(=O)CC(C)(C)C. The molecule has 0 fully saturated rings. The van der Waals surface area contributed by atoms with Crippen molar-refractivity contribution in [2.45, 2.75) is 59.9 Å². The van der Waals surface area contributed by atoms with Crippen LogP contribution in [0.25, 0.3) is 11.4 Å². The molecule has 2 rings (SSSR count). The number of nitrogens with zero attached hydrogens (tertiary/aromatic N) is 3. The Morgan fingerprint density at radius 1 is 1.27 bits per heavy atom. The first-order chi connectivity index (χ1) is 12.2. The highest BCUT2D eigenvalue weighted by molar-refractivity contribution is 9.10. The second-order valence-electron chi connectivity index (χ2n) is 7.85. The molecule has 0 bridgehead atoms. The number of benzene rings is 1. The fourth-order valence-corrected chi connectivity index (χ4v) is 2.92. The summed E-state index contributed by atoms with van der Waals surface area (Å²) in [6.45, 7) is 11.0. The van der Waals surface area contributed by atoms with E-state index in [9.17, 15) is 4.79 Å². The van der Waals surface area contributed by atoms with Crippen molar-refractivity contribution in [2.75, 3.05) is 6.54 Å². The Balaban J connectivity index is 2.04. The Morgan fingerprint density at radius 3 is 2.50 bits per heavy atom. The molecular weight excluding hydrogens is 394 g/mol. The van der Waals surface area contributed by atoms with Crippen LogP contribution in [0.3, 0.4) is 0 Å². The Morgan fingerprint density at radius 2 is 1.92 bits per heavy atom. The Labute approximate surface area is 164 Å². The molecule has 0 unspecified atom stereocenters. The number of carbonyl (C=O) groups is 1. The van der Waals surface area contributed by atoms with Gasteiger partial charge in [0, 0.05) is 35.5 Å². The lowest BCUT2D eigenvalue weighted by Crippen LogP contribution is -2.41. The largest absolute Gasteiger partial charge is 0.339 e. The standard InChI is InChI=1S/C20H28BrN3O2/c1-6-14(2)24(18(25)13-20(3,4)5)12-11-17-22-19(23-26-17)15-7-9-16(21)10-8-15/h7-10,14H,6,11-13H2,1-5H3/t14-/m1/s1. The number of rotatable bonds is 7. The summed E-state index contributed by atoms with van der Waals surface area (Å²) in [7, 11) is 0. The predicted octanol–water partition coefficient (Wildman–Crippen LogP) is 5.10. The van der Waals surface area contributed by atoms with Crippen LogP contribution in [0.2, 0.25) is 0 Å². The van der Waals surface area contributed by atoms with Crippen LogP contribution in [0.4, 0.5) is 0 Å². The minimum absolute atomic E-state index is 0.0258. The molecule has 0 saturated heterocycles. The highest BCUT2D eigenvalue weighted by Crippen LogP contribution is 2.22. The van der Waals surface area contributed by atoms with E-state index in [-0.39, 0.29) is 17.4 Å². The van der Waals surface area contributed by atoms with Gasteiger partial charge in [0.2, 0.25) is 17.6 Å². The molecule has 0 aliphatic carbocycles. The van der Waals surface area contributed by atoms with Crippen molar-refractivity contribution in [1.29, 1.82) is 0 Å². The molecule has 1 aromatic heterocycles. The van der Waals surface area contributed by atoms with Gasteiger partial charge in [0.15, 0.2) is 0 Å². The van der Waals surface area contributed by atoms with Gasteiger partial charge in [0.1, 0.15) is 0 Å². The zero-order valence-electron chi connectivity index (χ0n) is 16.3. The lowest BCUT2D eigenvalue weighted by atomic mass is 9.91. The lowest BCUT2D eigenvalue weighted by Gasteiger charge is -2.31. The van der Waals surface area contributed by atoms with E-state index < -0.39 is 0 Å². The number of hydrogen-bond acceptors (Lipinski definition) is 4. The average Bonchev–Trinajstić information content (AvgIpc) is 3.02. The van der Waals surface area contributed by atoms with Gasteiger partial charge in [-0.05, 0) is 43.0 Å². The van der Waals surface area contributed by atoms with Gasteiger partial charge in [-0.3, -0.25) is 4.79 Å². The topological polar surface area (TPSA) is 59.2 Å². The van der Waals surface area contributed by atoms with Gasteiger partial charge in [-0.25, -0.2) is 0 Å². The first kappa shape index (κ1) is 20.6. The van der Waals surface area contributed by atoms with Gasteiger partial charge >= 0.3 is 0 Å². The number of hydrogen-bond donors (Lipinski definition) is 0. The number of halogens is 1. The van der Waals surface area contributed by atoms with Gasteiger partial charge in [0.05, 0.1) is 0 Å². The Hall–Kier alpha value is -1.69. The molecule has 0 N–H and O–H groups in total. The molecule has 26 heavy (non-hydrogen) atoms. The lowest BCUT2D eigenvalue weighted by molar-refractivity contribution is -0.135. The summed E-state index contributed by atoms with van der Waals surface area (Å²) in [6.07, 6.45) is 2.01. The van der Waals surface area contributed by atoms with Gasteiger partial charge < -0.3 is 9.42 Å². The van der Waals surface area contributed by atoms with Gasteiger partial charge in [-0.2, -0.15) is 4.98 Å². The maximum absolute atomic E-state index is 12.7. The Kier molecular flexibility index (Phi) is 6.98. The van der Waals surface area contributed by atoms with Gasteiger partial charge in [0.25, 0.3) is 0 Å². The molecule has 1 heterocycles. The first-order valence-corrected chi connectivity index (χ1v) is 9.87. The van der Waals surface area contributed by atoms with E-state index in [4.69, 9.17) is 4.52 Å². The summed E-state index contributed by atoms with van der Waals surface area (Å²) in [4.78, 5) is 19.1. The fraction of sp³-hybridized carbons (Fsp3) is 0.550. The molecule has 0 aliphatic heterocycles. The third kappa shape index (κ3) is 5.94. The smallest absolute Gasteiger partial charge is 0.228 e. The molecule has 0 saturated carbocycles. The summed E-state index contributed by atoms with van der Waals surface area (Å²) in [5.74, 6) is 1.31. The van der Waals surface area contributed by atoms with Crippen molar-refractivity contribution in [1.82, 2.24) is 15.0 Å². The third-order valence-electron chi connectivity index (χ3n) is 4.26. The monoisotopic (exact) mass is 421 g/mol. The van der Waals surface area contributed by atoms with E-state index in [1.807, 2.05) is 29.2 Å². The van der Waals surface area contributed by atoms with Crippen molar-refractivity contribution >= 4 is 21.8 Å². The van der Waals surface area contributed by atoms with Crippen molar-refractivity contribution in [3.63, 3.8) is 0 Å². The Bertz CT molecular complexity index is 719. The molecule has 1 atom stereocenters. The predicted molar refractivity (Wildman–Crippen MR) is 107 cm³/mol. The fourth-order valence-electron chi connectivity index (χ4n) is 2.66. The van der Waals surface area contributed by atoms with Crippen LogP contribution in [0, 0.1) is 5.41 Å². The van der Waals surface area contributed by atoms with Crippen molar-refractivity contribution in [3.05, 3.63) is 34.6 Å². The van der Waals surface area contributed by atoms with Crippen LogP contribution in [-0.4, -0.2) is 33.5 Å². The summed E-state index contributed by atoms with van der Waals surface area (Å²) in [5.41, 5.74) is 0.882. The van der Waals surface area contributed by atoms with E-state index in [0.717, 1.165) is 16.5 Å². The summed E-state index contributed by atoms with van der Waals surface area (Å²) in [5, 5.41) is 4.06. The van der Waals surface area contributed by atoms with Crippen LogP contribution in [0.5, 0.6) is 0 Å². The molecule has 142 valence electrons. The van der Waals surface area contributed by atoms with E-state index in [1.54, 1.807) is 0 Å².